The van der Waals surface area contributed by atoms with Crippen molar-refractivity contribution in [2.75, 3.05) is 19.7 Å². The Hall–Kier alpha value is -1.89. The molecule has 0 saturated heterocycles. The molecule has 0 atom stereocenters. The Morgan fingerprint density at radius 1 is 1.70 bits per heavy atom. The van der Waals surface area contributed by atoms with Crippen LogP contribution in [0.1, 0.15) is 28.7 Å². The minimum atomic E-state index is -0.392. The highest BCUT2D eigenvalue weighted by molar-refractivity contribution is 7.80. The Balaban J connectivity index is 2.11. The lowest BCUT2D eigenvalue weighted by atomic mass is 10.1. The van der Waals surface area contributed by atoms with Crippen LogP contribution < -0.4 is 5.32 Å². The van der Waals surface area contributed by atoms with Crippen LogP contribution in [0.15, 0.2) is 12.7 Å². The Morgan fingerprint density at radius 2 is 2.50 bits per heavy atom. The average Bonchev–Trinajstić information content (AvgIpc) is 2.87. The van der Waals surface area contributed by atoms with Gasteiger partial charge in [0.25, 0.3) is 0 Å². The molecule has 2 rings (SSSR count). The van der Waals surface area contributed by atoms with Gasteiger partial charge in [-0.2, -0.15) is 5.10 Å². The molecule has 2 heterocycles. The van der Waals surface area contributed by atoms with Crippen molar-refractivity contribution in [3.8, 4) is 0 Å². The third-order valence-electron chi connectivity index (χ3n) is 3.09. The maximum Gasteiger partial charge on any atom is 0.359 e. The zero-order chi connectivity index (χ0) is 14.5. The van der Waals surface area contributed by atoms with Crippen molar-refractivity contribution >= 4 is 23.3 Å². The third-order valence-corrected chi connectivity index (χ3v) is 3.49. The highest BCUT2D eigenvalue weighted by atomic mass is 32.1. The van der Waals surface area contributed by atoms with Gasteiger partial charge in [0.05, 0.1) is 6.61 Å². The van der Waals surface area contributed by atoms with E-state index in [2.05, 4.69) is 22.1 Å². The van der Waals surface area contributed by atoms with Gasteiger partial charge in [0.1, 0.15) is 0 Å². The lowest BCUT2D eigenvalue weighted by molar-refractivity contribution is 0.0517. The van der Waals surface area contributed by atoms with E-state index in [0.717, 1.165) is 24.2 Å². The standard InChI is InChI=1S/C13H18N4O2S/c1-3-6-14-13(20)17-7-5-10-9(8-17)11(16-15-10)12(18)19-4-2/h3H,1,4-8H2,2H3,(H,14,20)(H,15,16). The number of hydrogen-bond acceptors (Lipinski definition) is 4. The first-order valence-electron chi connectivity index (χ1n) is 6.54. The predicted molar refractivity (Wildman–Crippen MR) is 79.5 cm³/mol. The van der Waals surface area contributed by atoms with Crippen molar-refractivity contribution in [2.45, 2.75) is 19.9 Å². The largest absolute Gasteiger partial charge is 0.461 e. The number of H-pyrrole nitrogens is 1. The van der Waals surface area contributed by atoms with Crippen LogP contribution in [-0.4, -0.2) is 45.9 Å². The van der Waals surface area contributed by atoms with Gasteiger partial charge in [-0.1, -0.05) is 6.08 Å². The topological polar surface area (TPSA) is 70.2 Å². The number of fused-ring (bicyclic) bond motifs is 1. The third kappa shape index (κ3) is 2.98. The summed E-state index contributed by atoms with van der Waals surface area (Å²) in [6.07, 6.45) is 2.53. The van der Waals surface area contributed by atoms with Crippen molar-refractivity contribution in [1.82, 2.24) is 20.4 Å². The lowest BCUT2D eigenvalue weighted by Gasteiger charge is -2.29. The van der Waals surface area contributed by atoms with Gasteiger partial charge in [0, 0.05) is 37.3 Å². The van der Waals surface area contributed by atoms with Gasteiger partial charge in [-0.3, -0.25) is 5.10 Å². The average molecular weight is 294 g/mol. The van der Waals surface area contributed by atoms with Crippen molar-refractivity contribution in [3.63, 3.8) is 0 Å². The summed E-state index contributed by atoms with van der Waals surface area (Å²) in [6, 6.07) is 0. The molecule has 108 valence electrons. The minimum Gasteiger partial charge on any atom is -0.461 e. The van der Waals surface area contributed by atoms with E-state index >= 15 is 0 Å². The normalized spacial score (nSPS) is 13.6. The number of rotatable bonds is 4. The molecule has 0 radical (unpaired) electrons. The summed E-state index contributed by atoms with van der Waals surface area (Å²) in [5, 5.41) is 10.7. The van der Waals surface area contributed by atoms with E-state index in [4.69, 9.17) is 17.0 Å². The van der Waals surface area contributed by atoms with Gasteiger partial charge in [0.2, 0.25) is 0 Å². The van der Waals surface area contributed by atoms with Gasteiger partial charge < -0.3 is 15.0 Å². The molecule has 0 aliphatic carbocycles. The number of hydrogen-bond donors (Lipinski definition) is 2. The SMILES string of the molecule is C=CCNC(=S)N1CCc2[nH]nc(C(=O)OCC)c2C1. The van der Waals surface area contributed by atoms with E-state index in [-0.39, 0.29) is 0 Å². The van der Waals surface area contributed by atoms with Crippen molar-refractivity contribution in [3.05, 3.63) is 29.6 Å². The van der Waals surface area contributed by atoms with E-state index in [0.29, 0.717) is 30.5 Å². The molecule has 0 amide bonds. The Bertz CT molecular complexity index is 526. The van der Waals surface area contributed by atoms with Crippen molar-refractivity contribution in [2.24, 2.45) is 0 Å². The molecular weight excluding hydrogens is 276 g/mol. The zero-order valence-electron chi connectivity index (χ0n) is 11.4. The molecule has 1 aromatic heterocycles. The summed E-state index contributed by atoms with van der Waals surface area (Å²) in [5.41, 5.74) is 2.21. The van der Waals surface area contributed by atoms with Crippen LogP contribution in [-0.2, 0) is 17.7 Å². The van der Waals surface area contributed by atoms with Crippen LogP contribution in [0.3, 0.4) is 0 Å². The molecule has 6 nitrogen and oxygen atoms in total. The summed E-state index contributed by atoms with van der Waals surface area (Å²) < 4.78 is 5.01. The van der Waals surface area contributed by atoms with Gasteiger partial charge in [-0.05, 0) is 19.1 Å². The molecule has 1 aliphatic heterocycles. The zero-order valence-corrected chi connectivity index (χ0v) is 12.3. The van der Waals surface area contributed by atoms with Gasteiger partial charge in [0.15, 0.2) is 10.8 Å². The highest BCUT2D eigenvalue weighted by Crippen LogP contribution is 2.21. The molecule has 0 fully saturated rings. The maximum absolute atomic E-state index is 11.8. The molecule has 0 saturated carbocycles. The fourth-order valence-electron chi connectivity index (χ4n) is 2.11. The summed E-state index contributed by atoms with van der Waals surface area (Å²) in [6.45, 7) is 7.73. The molecule has 7 heteroatoms. The summed E-state index contributed by atoms with van der Waals surface area (Å²) in [5.74, 6) is -0.392. The number of ether oxygens (including phenoxy) is 1. The maximum atomic E-state index is 11.8. The van der Waals surface area contributed by atoms with Crippen LogP contribution in [0, 0.1) is 0 Å². The van der Waals surface area contributed by atoms with Gasteiger partial charge in [-0.25, -0.2) is 4.79 Å². The number of carbonyl (C=O) groups excluding carboxylic acids is 1. The van der Waals surface area contributed by atoms with Crippen molar-refractivity contribution in [1.29, 1.82) is 0 Å². The van der Waals surface area contributed by atoms with E-state index in [1.54, 1.807) is 13.0 Å². The first-order chi connectivity index (χ1) is 9.67. The molecule has 1 aromatic rings. The first-order valence-corrected chi connectivity index (χ1v) is 6.95. The minimum absolute atomic E-state index is 0.337. The predicted octanol–water partition coefficient (Wildman–Crippen LogP) is 1.00. The Labute approximate surface area is 123 Å². The van der Waals surface area contributed by atoms with Crippen LogP contribution in [0.2, 0.25) is 0 Å². The number of aromatic amines is 1. The fraction of sp³-hybridized carbons (Fsp3) is 0.462. The summed E-state index contributed by atoms with van der Waals surface area (Å²) in [4.78, 5) is 13.9. The first kappa shape index (κ1) is 14.5. The molecule has 20 heavy (non-hydrogen) atoms. The Kier molecular flexibility index (Phi) is 4.73. The molecule has 0 unspecified atom stereocenters. The number of aromatic nitrogens is 2. The molecule has 2 N–H and O–H groups in total. The number of nitrogens with zero attached hydrogens (tertiary/aromatic N) is 2. The van der Waals surface area contributed by atoms with E-state index in [9.17, 15) is 4.79 Å². The monoisotopic (exact) mass is 294 g/mol. The van der Waals surface area contributed by atoms with E-state index < -0.39 is 5.97 Å². The van der Waals surface area contributed by atoms with E-state index in [1.165, 1.54) is 0 Å². The fourth-order valence-corrected chi connectivity index (χ4v) is 2.35. The molecular formula is C13H18N4O2S. The molecule has 0 bridgehead atoms. The summed E-state index contributed by atoms with van der Waals surface area (Å²) in [7, 11) is 0. The smallest absolute Gasteiger partial charge is 0.359 e. The highest BCUT2D eigenvalue weighted by Gasteiger charge is 2.26. The molecule has 0 spiro atoms. The second kappa shape index (κ2) is 6.51. The molecule has 1 aliphatic rings. The van der Waals surface area contributed by atoms with Crippen LogP contribution in [0.4, 0.5) is 0 Å². The second-order valence-electron chi connectivity index (χ2n) is 4.40. The molecule has 0 aromatic carbocycles. The summed E-state index contributed by atoms with van der Waals surface area (Å²) >= 11 is 5.32. The van der Waals surface area contributed by atoms with Crippen LogP contribution >= 0.6 is 12.2 Å². The number of nitrogens with one attached hydrogen (secondary N) is 2. The number of esters is 1. The van der Waals surface area contributed by atoms with Gasteiger partial charge >= 0.3 is 5.97 Å². The second-order valence-corrected chi connectivity index (χ2v) is 4.78. The quantitative estimate of drug-likeness (QED) is 0.490. The van der Waals surface area contributed by atoms with Gasteiger partial charge in [-0.15, -0.1) is 6.58 Å². The number of carbonyl (C=O) groups is 1. The Morgan fingerprint density at radius 3 is 3.20 bits per heavy atom. The van der Waals surface area contributed by atoms with Crippen LogP contribution in [0.25, 0.3) is 0 Å². The van der Waals surface area contributed by atoms with Crippen molar-refractivity contribution < 1.29 is 9.53 Å². The number of thiocarbonyl (C=S) groups is 1. The van der Waals surface area contributed by atoms with E-state index in [1.807, 2.05) is 4.90 Å². The van der Waals surface area contributed by atoms with Crippen LogP contribution in [0.5, 0.6) is 0 Å². The lowest BCUT2D eigenvalue weighted by Crippen LogP contribution is -2.42.